The van der Waals surface area contributed by atoms with E-state index < -0.39 is 0 Å². The summed E-state index contributed by atoms with van der Waals surface area (Å²) in [5.74, 6) is -0.0202. The Balaban J connectivity index is 3.28. The highest BCUT2D eigenvalue weighted by Crippen LogP contribution is 2.02. The first-order valence-electron chi connectivity index (χ1n) is 2.87. The fourth-order valence-corrected chi connectivity index (χ4v) is 0.440. The quantitative estimate of drug-likeness (QED) is 0.636. The van der Waals surface area contributed by atoms with Gasteiger partial charge in [-0.15, -0.1) is 0 Å². The molecule has 0 aromatic carbocycles. The van der Waals surface area contributed by atoms with Crippen LogP contribution in [0.15, 0.2) is 16.9 Å². The van der Waals surface area contributed by atoms with Crippen LogP contribution in [0.5, 0.6) is 0 Å². The second-order valence-electron chi connectivity index (χ2n) is 1.12. The standard InChI is InChI=1S/C4H4BrN3/c5-3-1-8-4(6)2-7-3/h1-2H,(H2,6,8)/i1D,2D. The lowest BCUT2D eigenvalue weighted by atomic mass is 10.7. The van der Waals surface area contributed by atoms with E-state index in [-0.39, 0.29) is 22.8 Å². The molecule has 0 aliphatic heterocycles. The number of nitrogens with two attached hydrogens (primary N) is 1. The molecule has 0 unspecified atom stereocenters. The van der Waals surface area contributed by atoms with Gasteiger partial charge >= 0.3 is 0 Å². The molecule has 0 fully saturated rings. The smallest absolute Gasteiger partial charge is 0.141 e. The van der Waals surface area contributed by atoms with Crippen molar-refractivity contribution < 1.29 is 2.74 Å². The van der Waals surface area contributed by atoms with Gasteiger partial charge in [-0.05, 0) is 15.9 Å². The fraction of sp³-hybridized carbons (Fsp3) is 0. The van der Waals surface area contributed by atoms with E-state index in [4.69, 9.17) is 8.48 Å². The molecule has 0 aliphatic carbocycles. The van der Waals surface area contributed by atoms with Gasteiger partial charge < -0.3 is 5.73 Å². The second-order valence-corrected chi connectivity index (χ2v) is 1.87. The maximum Gasteiger partial charge on any atom is 0.141 e. The van der Waals surface area contributed by atoms with Crippen molar-refractivity contribution in [3.8, 4) is 0 Å². The van der Waals surface area contributed by atoms with E-state index in [1.165, 1.54) is 0 Å². The summed E-state index contributed by atoms with van der Waals surface area (Å²) in [6.07, 6.45) is -0.156. The highest BCUT2D eigenvalue weighted by atomic mass is 79.9. The zero-order chi connectivity index (χ0) is 7.72. The molecule has 1 aromatic rings. The zero-order valence-corrected chi connectivity index (χ0v) is 5.44. The minimum Gasteiger partial charge on any atom is -0.382 e. The van der Waals surface area contributed by atoms with E-state index in [1.54, 1.807) is 0 Å². The number of nitrogen functional groups attached to an aromatic ring is 1. The van der Waals surface area contributed by atoms with E-state index in [0.29, 0.717) is 0 Å². The van der Waals surface area contributed by atoms with Crippen molar-refractivity contribution in [1.82, 2.24) is 9.97 Å². The molecule has 0 radical (unpaired) electrons. The zero-order valence-electron chi connectivity index (χ0n) is 5.85. The van der Waals surface area contributed by atoms with Crippen molar-refractivity contribution in [2.45, 2.75) is 0 Å². The maximum atomic E-state index is 7.07. The molecule has 42 valence electrons. The van der Waals surface area contributed by atoms with Gasteiger partial charge in [-0.1, -0.05) is 0 Å². The van der Waals surface area contributed by atoms with Crippen LogP contribution in [0.2, 0.25) is 0 Å². The number of aromatic nitrogens is 2. The lowest BCUT2D eigenvalue weighted by molar-refractivity contribution is 1.17. The van der Waals surface area contributed by atoms with Crippen molar-refractivity contribution in [2.24, 2.45) is 0 Å². The van der Waals surface area contributed by atoms with Crippen LogP contribution in [0, 0.1) is 0 Å². The molecule has 0 atom stereocenters. The van der Waals surface area contributed by atoms with Gasteiger partial charge in [0.25, 0.3) is 0 Å². The number of hydrogen-bond acceptors (Lipinski definition) is 3. The summed E-state index contributed by atoms with van der Waals surface area (Å²) in [7, 11) is 0. The van der Waals surface area contributed by atoms with Crippen LogP contribution < -0.4 is 5.73 Å². The van der Waals surface area contributed by atoms with Gasteiger partial charge in [0.1, 0.15) is 10.4 Å². The molecule has 0 bridgehead atoms. The maximum absolute atomic E-state index is 7.07. The summed E-state index contributed by atoms with van der Waals surface area (Å²) in [6.45, 7) is 0. The third-order valence-corrected chi connectivity index (χ3v) is 0.892. The predicted molar refractivity (Wildman–Crippen MR) is 34.1 cm³/mol. The molecule has 0 amide bonds. The molecule has 4 heteroatoms. The van der Waals surface area contributed by atoms with E-state index in [0.717, 1.165) is 0 Å². The third-order valence-electron chi connectivity index (χ3n) is 0.537. The summed E-state index contributed by atoms with van der Waals surface area (Å²) in [5, 5.41) is 0. The molecule has 0 spiro atoms. The van der Waals surface area contributed by atoms with Gasteiger partial charge in [-0.2, -0.15) is 0 Å². The SMILES string of the molecule is [2H]c1nc(Br)c([2H])nc1N. The topological polar surface area (TPSA) is 51.8 Å². The van der Waals surface area contributed by atoms with Crippen molar-refractivity contribution in [3.63, 3.8) is 0 Å². The molecule has 3 nitrogen and oxygen atoms in total. The Hall–Kier alpha value is -0.640. The molecule has 8 heavy (non-hydrogen) atoms. The first-order valence-corrected chi connectivity index (χ1v) is 2.67. The summed E-state index contributed by atoms with van der Waals surface area (Å²) >= 11 is 2.94. The Kier molecular flexibility index (Phi) is 0.886. The first-order chi connectivity index (χ1) is 4.61. The number of anilines is 1. The molecule has 1 aromatic heterocycles. The van der Waals surface area contributed by atoms with Crippen LogP contribution in [0.1, 0.15) is 2.74 Å². The van der Waals surface area contributed by atoms with Gasteiger partial charge in [0.05, 0.1) is 15.1 Å². The fourth-order valence-electron chi connectivity index (χ4n) is 0.263. The monoisotopic (exact) mass is 175 g/mol. The lowest BCUT2D eigenvalue weighted by Gasteiger charge is -1.87. The van der Waals surface area contributed by atoms with Crippen LogP contribution in [0.25, 0.3) is 0 Å². The molecule has 1 heterocycles. The molecule has 1 rings (SSSR count). The van der Waals surface area contributed by atoms with Crippen LogP contribution in [-0.2, 0) is 0 Å². The Morgan fingerprint density at radius 3 is 3.00 bits per heavy atom. The van der Waals surface area contributed by atoms with E-state index >= 15 is 0 Å². The average Bonchev–Trinajstić information content (AvgIpc) is 1.84. The largest absolute Gasteiger partial charge is 0.382 e. The van der Waals surface area contributed by atoms with E-state index in [2.05, 4.69) is 25.9 Å². The van der Waals surface area contributed by atoms with Crippen LogP contribution in [0.4, 0.5) is 5.82 Å². The Morgan fingerprint density at radius 2 is 2.38 bits per heavy atom. The molecule has 0 saturated heterocycles. The Morgan fingerprint density at radius 1 is 1.62 bits per heavy atom. The van der Waals surface area contributed by atoms with Crippen molar-refractivity contribution >= 4 is 21.7 Å². The molecule has 2 N–H and O–H groups in total. The molecular weight excluding hydrogens is 170 g/mol. The Labute approximate surface area is 57.9 Å². The van der Waals surface area contributed by atoms with Gasteiger partial charge in [-0.3, -0.25) is 0 Å². The number of halogens is 1. The van der Waals surface area contributed by atoms with Crippen LogP contribution in [0.3, 0.4) is 0 Å². The summed E-state index contributed by atoms with van der Waals surface area (Å²) < 4.78 is 14.4. The predicted octanol–water partition coefficient (Wildman–Crippen LogP) is 0.821. The van der Waals surface area contributed by atoms with Crippen LogP contribution >= 0.6 is 15.9 Å². The van der Waals surface area contributed by atoms with Crippen molar-refractivity contribution in [3.05, 3.63) is 16.9 Å². The number of rotatable bonds is 0. The molecular formula is C4H4BrN3. The molecule has 0 saturated carbocycles. The van der Waals surface area contributed by atoms with Crippen LogP contribution in [-0.4, -0.2) is 9.97 Å². The minimum absolute atomic E-state index is 0.0202. The average molecular weight is 176 g/mol. The van der Waals surface area contributed by atoms with Gasteiger partial charge in [-0.25, -0.2) is 9.97 Å². The number of nitrogens with zero attached hydrogens (tertiary/aromatic N) is 2. The van der Waals surface area contributed by atoms with Crippen molar-refractivity contribution in [1.29, 1.82) is 0 Å². The minimum atomic E-state index is -0.108. The molecule has 0 aliphatic rings. The lowest BCUT2D eigenvalue weighted by Crippen LogP contribution is -1.89. The summed E-state index contributed by atoms with van der Waals surface area (Å²) in [4.78, 5) is 7.10. The highest BCUT2D eigenvalue weighted by Gasteiger charge is 1.84. The van der Waals surface area contributed by atoms with E-state index in [1.807, 2.05) is 0 Å². The Bertz CT molecular complexity index is 215. The van der Waals surface area contributed by atoms with Gasteiger partial charge in [0.15, 0.2) is 0 Å². The van der Waals surface area contributed by atoms with Gasteiger partial charge in [0.2, 0.25) is 0 Å². The third kappa shape index (κ3) is 1.16. The first kappa shape index (κ1) is 3.40. The van der Waals surface area contributed by atoms with E-state index in [9.17, 15) is 0 Å². The summed E-state index contributed by atoms with van der Waals surface area (Å²) in [5.41, 5.74) is 5.19. The van der Waals surface area contributed by atoms with Gasteiger partial charge in [0, 0.05) is 0 Å². The normalized spacial score (nSPS) is 12.6. The summed E-state index contributed by atoms with van der Waals surface area (Å²) in [6, 6.07) is 0. The van der Waals surface area contributed by atoms with Crippen molar-refractivity contribution in [2.75, 3.05) is 5.73 Å². The second kappa shape index (κ2) is 2.09. The number of hydrogen-bond donors (Lipinski definition) is 1. The highest BCUT2D eigenvalue weighted by molar-refractivity contribution is 9.10.